The molecule has 1 aliphatic carbocycles. The number of fused-ring (bicyclic) bond motifs is 9. The van der Waals surface area contributed by atoms with Crippen molar-refractivity contribution >= 4 is 21.8 Å². The highest BCUT2D eigenvalue weighted by Crippen LogP contribution is 2.59. The molecule has 0 N–H and O–H groups in total. The van der Waals surface area contributed by atoms with Gasteiger partial charge in [0.1, 0.15) is 0 Å². The Balaban J connectivity index is 1.03. The van der Waals surface area contributed by atoms with Gasteiger partial charge < -0.3 is 14.0 Å². The lowest BCUT2D eigenvalue weighted by Crippen LogP contribution is -2.15. The van der Waals surface area contributed by atoms with E-state index in [1.54, 1.807) is 0 Å². The molecule has 0 unspecified atom stereocenters. The first-order chi connectivity index (χ1) is 26.5. The topological polar surface area (TPSA) is 62.1 Å². The first-order valence-corrected chi connectivity index (χ1v) is 18.2. The highest BCUT2D eigenvalue weighted by atomic mass is 16.6. The van der Waals surface area contributed by atoms with E-state index in [9.17, 15) is 0 Å². The number of ether oxygens (including phenoxy) is 2. The van der Waals surface area contributed by atoms with Crippen molar-refractivity contribution in [1.82, 2.24) is 19.5 Å². The Hall–Kier alpha value is -7.05. The van der Waals surface area contributed by atoms with Gasteiger partial charge in [-0.15, -0.1) is 0 Å². The fourth-order valence-electron chi connectivity index (χ4n) is 8.32. The van der Waals surface area contributed by atoms with E-state index in [1.165, 1.54) is 27.5 Å². The Kier molecular flexibility index (Phi) is 6.49. The molecule has 2 aliphatic rings. The average molecular weight is 697 g/mol. The molecule has 9 aromatic rings. The molecule has 6 nitrogen and oxygen atoms in total. The minimum Gasteiger partial charge on any atom is -0.449 e. The molecule has 6 heteroatoms. The molecule has 0 fully saturated rings. The van der Waals surface area contributed by atoms with Crippen LogP contribution in [0.15, 0.2) is 158 Å². The van der Waals surface area contributed by atoms with Crippen LogP contribution in [0.25, 0.3) is 72.8 Å². The molecule has 7 aromatic carbocycles. The zero-order valence-corrected chi connectivity index (χ0v) is 29.6. The van der Waals surface area contributed by atoms with Crippen LogP contribution in [0.2, 0.25) is 0 Å². The molecule has 0 saturated heterocycles. The zero-order valence-electron chi connectivity index (χ0n) is 29.6. The van der Waals surface area contributed by atoms with Gasteiger partial charge in [0.05, 0.1) is 16.6 Å². The summed E-state index contributed by atoms with van der Waals surface area (Å²) in [6.45, 7) is 4.53. The van der Waals surface area contributed by atoms with Gasteiger partial charge in [-0.05, 0) is 71.3 Å². The molecule has 256 valence electrons. The van der Waals surface area contributed by atoms with Crippen LogP contribution in [-0.2, 0) is 5.41 Å². The monoisotopic (exact) mass is 696 g/mol. The number of benzene rings is 7. The van der Waals surface area contributed by atoms with Crippen molar-refractivity contribution in [3.05, 3.63) is 169 Å². The minimum absolute atomic E-state index is 0.150. The Morgan fingerprint density at radius 2 is 1.02 bits per heavy atom. The molecule has 11 rings (SSSR count). The Morgan fingerprint density at radius 1 is 0.444 bits per heavy atom. The van der Waals surface area contributed by atoms with Crippen LogP contribution in [0.3, 0.4) is 0 Å². The highest BCUT2D eigenvalue weighted by Gasteiger charge is 2.40. The second-order valence-electron chi connectivity index (χ2n) is 14.4. The van der Waals surface area contributed by atoms with Crippen LogP contribution < -0.4 is 9.47 Å². The van der Waals surface area contributed by atoms with Crippen LogP contribution in [0.5, 0.6) is 23.0 Å². The van der Waals surface area contributed by atoms with Gasteiger partial charge in [-0.1, -0.05) is 117 Å². The third-order valence-electron chi connectivity index (χ3n) is 10.9. The van der Waals surface area contributed by atoms with Gasteiger partial charge >= 0.3 is 0 Å². The molecule has 0 radical (unpaired) electrons. The number of hydrogen-bond acceptors (Lipinski definition) is 5. The van der Waals surface area contributed by atoms with E-state index in [0.29, 0.717) is 34.7 Å². The lowest BCUT2D eigenvalue weighted by Gasteiger charge is -2.26. The van der Waals surface area contributed by atoms with E-state index in [0.717, 1.165) is 44.7 Å². The first kappa shape index (κ1) is 30.6. The number of para-hydroxylation sites is 3. The van der Waals surface area contributed by atoms with E-state index in [4.69, 9.17) is 24.4 Å². The van der Waals surface area contributed by atoms with Gasteiger partial charge in [-0.25, -0.2) is 15.0 Å². The van der Waals surface area contributed by atoms with E-state index in [-0.39, 0.29) is 5.41 Å². The number of hydrogen-bond donors (Lipinski definition) is 0. The second-order valence-corrected chi connectivity index (χ2v) is 14.4. The Bertz CT molecular complexity index is 2910. The molecular formula is C48H32N4O2. The van der Waals surface area contributed by atoms with E-state index < -0.39 is 0 Å². The zero-order chi connectivity index (χ0) is 36.0. The number of aromatic nitrogens is 4. The standard InChI is InChI=1S/C48H32N4O2/c1-48(2)36-19-9-6-17-34(36)42-37(48)27-28-41-44(42)54-40-22-12-18-35(43(40)53-41)47-50-45(29-13-4-3-5-14-29)49-46(51-47)30-23-25-31(26-24-30)52-38-20-10-7-15-32(38)33-16-8-11-21-39(33)52/h3-28H,1-2H3. The van der Waals surface area contributed by atoms with Gasteiger partial charge in [0.15, 0.2) is 40.5 Å². The molecule has 1 aliphatic heterocycles. The van der Waals surface area contributed by atoms with E-state index >= 15 is 0 Å². The maximum absolute atomic E-state index is 6.77. The first-order valence-electron chi connectivity index (χ1n) is 18.2. The number of rotatable bonds is 4. The molecule has 0 atom stereocenters. The fraction of sp³-hybridized carbons (Fsp3) is 0.0625. The van der Waals surface area contributed by atoms with Crippen molar-refractivity contribution in [1.29, 1.82) is 0 Å². The predicted octanol–water partition coefficient (Wildman–Crippen LogP) is 12.2. The van der Waals surface area contributed by atoms with Gasteiger partial charge in [0, 0.05) is 38.6 Å². The molecule has 0 bridgehead atoms. The van der Waals surface area contributed by atoms with Crippen LogP contribution >= 0.6 is 0 Å². The smallest absolute Gasteiger partial charge is 0.181 e. The summed E-state index contributed by atoms with van der Waals surface area (Å²) in [6, 6.07) is 54.2. The second kappa shape index (κ2) is 11.5. The maximum atomic E-state index is 6.77. The molecule has 0 amide bonds. The fourth-order valence-corrected chi connectivity index (χ4v) is 8.32. The lowest BCUT2D eigenvalue weighted by atomic mass is 9.82. The van der Waals surface area contributed by atoms with E-state index in [2.05, 4.69) is 122 Å². The van der Waals surface area contributed by atoms with Crippen molar-refractivity contribution in [3.63, 3.8) is 0 Å². The summed E-state index contributed by atoms with van der Waals surface area (Å²) in [5, 5.41) is 2.45. The van der Waals surface area contributed by atoms with Gasteiger partial charge in [-0.2, -0.15) is 0 Å². The molecule has 0 saturated carbocycles. The summed E-state index contributed by atoms with van der Waals surface area (Å²) in [6.07, 6.45) is 0. The summed E-state index contributed by atoms with van der Waals surface area (Å²) >= 11 is 0. The maximum Gasteiger partial charge on any atom is 0.181 e. The van der Waals surface area contributed by atoms with Crippen molar-refractivity contribution in [3.8, 4) is 74.0 Å². The third kappa shape index (κ3) is 4.50. The average Bonchev–Trinajstić information content (AvgIpc) is 3.69. The van der Waals surface area contributed by atoms with Gasteiger partial charge in [0.25, 0.3) is 0 Å². The molecule has 0 spiro atoms. The van der Waals surface area contributed by atoms with Crippen molar-refractivity contribution in [2.45, 2.75) is 19.3 Å². The summed E-state index contributed by atoms with van der Waals surface area (Å²) in [7, 11) is 0. The molecule has 2 aromatic heterocycles. The van der Waals surface area contributed by atoms with Gasteiger partial charge in [0.2, 0.25) is 0 Å². The van der Waals surface area contributed by atoms with Crippen molar-refractivity contribution in [2.75, 3.05) is 0 Å². The minimum atomic E-state index is -0.150. The van der Waals surface area contributed by atoms with Crippen LogP contribution in [0.1, 0.15) is 25.0 Å². The van der Waals surface area contributed by atoms with Gasteiger partial charge in [-0.3, -0.25) is 0 Å². The Morgan fingerprint density at radius 3 is 1.76 bits per heavy atom. The Labute approximate surface area is 312 Å². The summed E-state index contributed by atoms with van der Waals surface area (Å²) in [5.41, 5.74) is 10.5. The quantitative estimate of drug-likeness (QED) is 0.183. The lowest BCUT2D eigenvalue weighted by molar-refractivity contribution is 0.361. The molecule has 3 heterocycles. The summed E-state index contributed by atoms with van der Waals surface area (Å²) in [4.78, 5) is 15.1. The summed E-state index contributed by atoms with van der Waals surface area (Å²) < 4.78 is 15.8. The summed E-state index contributed by atoms with van der Waals surface area (Å²) in [5.74, 6) is 4.25. The van der Waals surface area contributed by atoms with E-state index in [1.807, 2.05) is 54.6 Å². The molecule has 54 heavy (non-hydrogen) atoms. The normalized spacial score (nSPS) is 13.4. The largest absolute Gasteiger partial charge is 0.449 e. The third-order valence-corrected chi connectivity index (χ3v) is 10.9. The highest BCUT2D eigenvalue weighted by molar-refractivity contribution is 6.09. The van der Waals surface area contributed by atoms with Crippen LogP contribution in [-0.4, -0.2) is 19.5 Å². The van der Waals surface area contributed by atoms with Crippen molar-refractivity contribution in [2.24, 2.45) is 0 Å². The molecular weight excluding hydrogens is 665 g/mol. The van der Waals surface area contributed by atoms with Crippen LogP contribution in [0.4, 0.5) is 0 Å². The predicted molar refractivity (Wildman–Crippen MR) is 215 cm³/mol. The van der Waals surface area contributed by atoms with Crippen molar-refractivity contribution < 1.29 is 9.47 Å². The van der Waals surface area contributed by atoms with Crippen LogP contribution in [0, 0.1) is 0 Å². The number of nitrogens with zero attached hydrogens (tertiary/aromatic N) is 4. The SMILES string of the molecule is CC1(C)c2ccccc2-c2c1ccc1c2Oc2cccc(-c3nc(-c4ccccc4)nc(-c4ccc(-n5c6ccccc6c6ccccc65)cc4)n3)c2O1.